The lowest BCUT2D eigenvalue weighted by molar-refractivity contribution is 0.0679. The molecule has 5 nitrogen and oxygen atoms in total. The lowest BCUT2D eigenvalue weighted by atomic mass is 9.84. The van der Waals surface area contributed by atoms with Gasteiger partial charge in [0.25, 0.3) is 5.91 Å². The number of ether oxygens (including phenoxy) is 2. The molecule has 2 aromatic rings. The van der Waals surface area contributed by atoms with Crippen LogP contribution in [-0.4, -0.2) is 37.3 Å². The fourth-order valence-electron chi connectivity index (χ4n) is 6.06. The van der Waals surface area contributed by atoms with Crippen molar-refractivity contribution in [1.29, 1.82) is 0 Å². The second kappa shape index (κ2) is 12.2. The molecule has 1 heterocycles. The minimum atomic E-state index is -0.00773. The van der Waals surface area contributed by atoms with E-state index in [-0.39, 0.29) is 18.1 Å². The molecule has 5 rings (SSSR count). The standard InChI is InChI=1S/C31H42N2O3/c1-22(24-6-3-2-4-7-24)32-20-23-9-10-27-19-28(14-11-26(27)18-23)33-31(34)25-12-15-29(16-13-25)36-21-30-8-5-17-35-30/h9-10,12-13,15-16,18,22,24,28,30,32H,2-8,11,14,17,19-21H2,1H3,(H,33,34)/t22-,28+,30+/m1/s1. The van der Waals surface area contributed by atoms with E-state index in [4.69, 9.17) is 9.47 Å². The van der Waals surface area contributed by atoms with Crippen molar-refractivity contribution in [3.8, 4) is 5.75 Å². The molecule has 0 radical (unpaired) electrons. The molecule has 1 aliphatic heterocycles. The molecule has 0 aromatic heterocycles. The lowest BCUT2D eigenvalue weighted by Gasteiger charge is -2.29. The summed E-state index contributed by atoms with van der Waals surface area (Å²) in [6.45, 7) is 4.70. The minimum Gasteiger partial charge on any atom is -0.491 e. The fourth-order valence-corrected chi connectivity index (χ4v) is 6.06. The van der Waals surface area contributed by atoms with Crippen molar-refractivity contribution in [3.05, 3.63) is 64.7 Å². The van der Waals surface area contributed by atoms with Crippen LogP contribution in [-0.2, 0) is 24.1 Å². The first kappa shape index (κ1) is 25.3. The highest BCUT2D eigenvalue weighted by atomic mass is 16.5. The number of fused-ring (bicyclic) bond motifs is 1. The Morgan fingerprint density at radius 3 is 2.61 bits per heavy atom. The zero-order chi connectivity index (χ0) is 24.7. The van der Waals surface area contributed by atoms with Crippen molar-refractivity contribution in [1.82, 2.24) is 10.6 Å². The molecule has 0 spiro atoms. The molecule has 2 fully saturated rings. The van der Waals surface area contributed by atoms with Crippen LogP contribution in [0.3, 0.4) is 0 Å². The molecule has 0 bridgehead atoms. The molecule has 1 saturated heterocycles. The van der Waals surface area contributed by atoms with Crippen molar-refractivity contribution in [2.75, 3.05) is 13.2 Å². The van der Waals surface area contributed by atoms with E-state index in [0.717, 1.165) is 56.9 Å². The fraction of sp³-hybridized carbons (Fsp3) is 0.581. The molecular formula is C31H42N2O3. The highest BCUT2D eigenvalue weighted by molar-refractivity contribution is 5.94. The Morgan fingerprint density at radius 2 is 1.83 bits per heavy atom. The van der Waals surface area contributed by atoms with Crippen LogP contribution in [0.15, 0.2) is 42.5 Å². The van der Waals surface area contributed by atoms with Gasteiger partial charge in [0.05, 0.1) is 6.10 Å². The van der Waals surface area contributed by atoms with E-state index in [9.17, 15) is 4.79 Å². The van der Waals surface area contributed by atoms with Crippen LogP contribution in [0.2, 0.25) is 0 Å². The Kier molecular flexibility index (Phi) is 8.60. The van der Waals surface area contributed by atoms with Crippen LogP contribution >= 0.6 is 0 Å². The predicted molar refractivity (Wildman–Crippen MR) is 144 cm³/mol. The Labute approximate surface area is 216 Å². The molecule has 3 atom stereocenters. The third kappa shape index (κ3) is 6.68. The molecule has 2 N–H and O–H groups in total. The monoisotopic (exact) mass is 490 g/mol. The predicted octanol–water partition coefficient (Wildman–Crippen LogP) is 5.59. The van der Waals surface area contributed by atoms with Gasteiger partial charge in [0.1, 0.15) is 12.4 Å². The molecule has 3 aliphatic rings. The maximum atomic E-state index is 12.9. The van der Waals surface area contributed by atoms with Crippen LogP contribution in [0.5, 0.6) is 5.75 Å². The third-order valence-electron chi connectivity index (χ3n) is 8.40. The van der Waals surface area contributed by atoms with E-state index in [0.29, 0.717) is 18.2 Å². The SMILES string of the molecule is C[C@@H](NCc1ccc2c(c1)CC[C@H](NC(=O)c1ccc(OC[C@@H]3CCCO3)cc1)C2)C1CCCCC1. The first-order valence-electron chi connectivity index (χ1n) is 14.1. The number of hydrogen-bond donors (Lipinski definition) is 2. The van der Waals surface area contributed by atoms with Crippen LogP contribution < -0.4 is 15.4 Å². The smallest absolute Gasteiger partial charge is 0.251 e. The van der Waals surface area contributed by atoms with Crippen LogP contribution in [0.4, 0.5) is 0 Å². The van der Waals surface area contributed by atoms with Gasteiger partial charge < -0.3 is 20.1 Å². The van der Waals surface area contributed by atoms with Crippen molar-refractivity contribution in [3.63, 3.8) is 0 Å². The normalized spacial score (nSPS) is 23.1. The van der Waals surface area contributed by atoms with Crippen molar-refractivity contribution in [2.45, 2.75) is 95.9 Å². The van der Waals surface area contributed by atoms with Gasteiger partial charge in [-0.2, -0.15) is 0 Å². The Morgan fingerprint density at radius 1 is 1.00 bits per heavy atom. The first-order chi connectivity index (χ1) is 17.6. The Bertz CT molecular complexity index is 993. The van der Waals surface area contributed by atoms with Crippen molar-refractivity contribution in [2.24, 2.45) is 5.92 Å². The quantitative estimate of drug-likeness (QED) is 0.481. The number of carbonyl (C=O) groups excluding carboxylic acids is 1. The Balaban J connectivity index is 1.08. The van der Waals surface area contributed by atoms with Gasteiger partial charge in [0.15, 0.2) is 0 Å². The molecule has 194 valence electrons. The number of benzene rings is 2. The van der Waals surface area contributed by atoms with Crippen LogP contribution in [0, 0.1) is 5.92 Å². The first-order valence-corrected chi connectivity index (χ1v) is 14.1. The molecule has 5 heteroatoms. The molecular weight excluding hydrogens is 448 g/mol. The second-order valence-corrected chi connectivity index (χ2v) is 11.1. The average molecular weight is 491 g/mol. The van der Waals surface area contributed by atoms with Gasteiger partial charge in [-0.1, -0.05) is 37.5 Å². The number of nitrogens with one attached hydrogen (secondary N) is 2. The number of hydrogen-bond acceptors (Lipinski definition) is 4. The molecule has 1 saturated carbocycles. The van der Waals surface area contributed by atoms with Gasteiger partial charge in [-0.25, -0.2) is 0 Å². The summed E-state index contributed by atoms with van der Waals surface area (Å²) in [6, 6.07) is 15.1. The van der Waals surface area contributed by atoms with Crippen molar-refractivity contribution < 1.29 is 14.3 Å². The summed E-state index contributed by atoms with van der Waals surface area (Å²) in [5, 5.41) is 7.03. The molecule has 2 aromatic carbocycles. The maximum Gasteiger partial charge on any atom is 0.251 e. The zero-order valence-electron chi connectivity index (χ0n) is 21.8. The molecule has 0 unspecified atom stereocenters. The summed E-state index contributed by atoms with van der Waals surface area (Å²) >= 11 is 0. The second-order valence-electron chi connectivity index (χ2n) is 11.1. The van der Waals surface area contributed by atoms with Crippen molar-refractivity contribution >= 4 is 5.91 Å². The molecule has 36 heavy (non-hydrogen) atoms. The van der Waals surface area contributed by atoms with Gasteiger partial charge in [-0.3, -0.25) is 4.79 Å². The summed E-state index contributed by atoms with van der Waals surface area (Å²) in [5.74, 6) is 1.61. The number of aryl methyl sites for hydroxylation is 1. The summed E-state index contributed by atoms with van der Waals surface area (Å²) in [7, 11) is 0. The third-order valence-corrected chi connectivity index (χ3v) is 8.40. The number of rotatable bonds is 9. The van der Waals surface area contributed by atoms with Crippen LogP contribution in [0.1, 0.15) is 85.3 Å². The number of carbonyl (C=O) groups is 1. The summed E-state index contributed by atoms with van der Waals surface area (Å²) < 4.78 is 11.4. The van der Waals surface area contributed by atoms with E-state index < -0.39 is 0 Å². The van der Waals surface area contributed by atoms with Gasteiger partial charge >= 0.3 is 0 Å². The highest BCUT2D eigenvalue weighted by Gasteiger charge is 2.22. The van der Waals surface area contributed by atoms with E-state index in [1.807, 2.05) is 24.3 Å². The Hall–Kier alpha value is -2.37. The van der Waals surface area contributed by atoms with E-state index in [1.165, 1.54) is 48.8 Å². The largest absolute Gasteiger partial charge is 0.491 e. The van der Waals surface area contributed by atoms with E-state index >= 15 is 0 Å². The van der Waals surface area contributed by atoms with Gasteiger partial charge in [-0.15, -0.1) is 0 Å². The average Bonchev–Trinajstić information content (AvgIpc) is 3.45. The zero-order valence-corrected chi connectivity index (χ0v) is 21.8. The van der Waals surface area contributed by atoms with Gasteiger partial charge in [0.2, 0.25) is 0 Å². The van der Waals surface area contributed by atoms with E-state index in [1.54, 1.807) is 0 Å². The highest BCUT2D eigenvalue weighted by Crippen LogP contribution is 2.27. The summed E-state index contributed by atoms with van der Waals surface area (Å²) in [4.78, 5) is 12.9. The van der Waals surface area contributed by atoms with Gasteiger partial charge in [-0.05, 0) is 98.7 Å². The van der Waals surface area contributed by atoms with E-state index in [2.05, 4.69) is 35.8 Å². The van der Waals surface area contributed by atoms with Crippen LogP contribution in [0.25, 0.3) is 0 Å². The maximum absolute atomic E-state index is 12.9. The summed E-state index contributed by atoms with van der Waals surface area (Å²) in [6.07, 6.45) is 12.2. The van der Waals surface area contributed by atoms with Gasteiger partial charge in [0, 0.05) is 30.8 Å². The topological polar surface area (TPSA) is 59.6 Å². The molecule has 2 aliphatic carbocycles. The molecule has 1 amide bonds. The summed E-state index contributed by atoms with van der Waals surface area (Å²) in [5.41, 5.74) is 4.87. The minimum absolute atomic E-state index is 0.00773. The lowest BCUT2D eigenvalue weighted by Crippen LogP contribution is -2.39. The number of amides is 1.